The molecule has 0 aromatic carbocycles. The molecule has 0 unspecified atom stereocenters. The molecule has 0 radical (unpaired) electrons. The van der Waals surface area contributed by atoms with E-state index >= 15 is 0 Å². The van der Waals surface area contributed by atoms with Gasteiger partial charge in [-0.3, -0.25) is 0 Å². The Bertz CT molecular complexity index is 283. The molecule has 1 aromatic rings. The van der Waals surface area contributed by atoms with Crippen LogP contribution in [0.15, 0.2) is 16.8 Å². The Labute approximate surface area is 76.1 Å². The molecule has 3 heteroatoms. The first kappa shape index (κ1) is 9.20. The standard InChI is InChI=1S/C9H11NOS/c1-10(2)5-9(6-11)8-3-4-12-7-8/h3-4,7H,5H2,1-2H3. The summed E-state index contributed by atoms with van der Waals surface area (Å²) in [5.41, 5.74) is 1.71. The van der Waals surface area contributed by atoms with Gasteiger partial charge in [-0.25, -0.2) is 4.79 Å². The second kappa shape index (κ2) is 4.21. The van der Waals surface area contributed by atoms with Gasteiger partial charge in [-0.15, -0.1) is 0 Å². The lowest BCUT2D eigenvalue weighted by Crippen LogP contribution is -2.14. The molecule has 0 aliphatic heterocycles. The van der Waals surface area contributed by atoms with Crippen LogP contribution in [0.3, 0.4) is 0 Å². The molecule has 0 N–H and O–H groups in total. The molecule has 0 fully saturated rings. The Morgan fingerprint density at radius 3 is 2.83 bits per heavy atom. The molecule has 0 saturated heterocycles. The minimum absolute atomic E-state index is 0.653. The zero-order chi connectivity index (χ0) is 8.97. The van der Waals surface area contributed by atoms with Crippen LogP contribution < -0.4 is 0 Å². The molecule has 0 aliphatic carbocycles. The van der Waals surface area contributed by atoms with E-state index < -0.39 is 0 Å². The van der Waals surface area contributed by atoms with Crippen molar-refractivity contribution in [1.82, 2.24) is 4.90 Å². The average molecular weight is 181 g/mol. The summed E-state index contributed by atoms with van der Waals surface area (Å²) in [5.74, 6) is 1.97. The van der Waals surface area contributed by atoms with Crippen LogP contribution in [0.2, 0.25) is 0 Å². The molecule has 2 nitrogen and oxygen atoms in total. The van der Waals surface area contributed by atoms with Crippen LogP contribution in [0.25, 0.3) is 5.57 Å². The molecule has 0 amide bonds. The van der Waals surface area contributed by atoms with E-state index in [2.05, 4.69) is 0 Å². The van der Waals surface area contributed by atoms with Crippen molar-refractivity contribution < 1.29 is 4.79 Å². The maximum Gasteiger partial charge on any atom is 0.129 e. The maximum absolute atomic E-state index is 10.6. The Morgan fingerprint density at radius 1 is 1.67 bits per heavy atom. The number of likely N-dealkylation sites (N-methyl/N-ethyl adjacent to an activating group) is 1. The van der Waals surface area contributed by atoms with E-state index in [1.165, 1.54) is 0 Å². The highest BCUT2D eigenvalue weighted by molar-refractivity contribution is 7.08. The molecule has 1 aromatic heterocycles. The van der Waals surface area contributed by atoms with Gasteiger partial charge in [0.15, 0.2) is 0 Å². The number of carbonyl (C=O) groups excluding carboxylic acids is 1. The van der Waals surface area contributed by atoms with Crippen LogP contribution in [0.5, 0.6) is 0 Å². The first-order valence-electron chi connectivity index (χ1n) is 3.65. The third kappa shape index (κ3) is 2.31. The Morgan fingerprint density at radius 2 is 2.42 bits per heavy atom. The van der Waals surface area contributed by atoms with Gasteiger partial charge < -0.3 is 4.90 Å². The summed E-state index contributed by atoms with van der Waals surface area (Å²) in [4.78, 5) is 12.5. The molecule has 0 aliphatic rings. The molecule has 1 rings (SSSR count). The second-order valence-corrected chi connectivity index (χ2v) is 3.61. The summed E-state index contributed by atoms with van der Waals surface area (Å²) in [5, 5.41) is 3.92. The van der Waals surface area contributed by atoms with Gasteiger partial charge in [0.1, 0.15) is 5.94 Å². The largest absolute Gasteiger partial charge is 0.304 e. The number of nitrogens with zero attached hydrogens (tertiary/aromatic N) is 1. The fourth-order valence-corrected chi connectivity index (χ4v) is 1.61. The van der Waals surface area contributed by atoms with Crippen LogP contribution in [0, 0.1) is 0 Å². The van der Waals surface area contributed by atoms with Crippen LogP contribution >= 0.6 is 11.3 Å². The van der Waals surface area contributed by atoms with Crippen molar-refractivity contribution >= 4 is 22.9 Å². The van der Waals surface area contributed by atoms with Crippen molar-refractivity contribution in [3.05, 3.63) is 22.4 Å². The van der Waals surface area contributed by atoms with E-state index in [-0.39, 0.29) is 0 Å². The Kier molecular flexibility index (Phi) is 3.23. The molecule has 0 atom stereocenters. The van der Waals surface area contributed by atoms with E-state index in [4.69, 9.17) is 0 Å². The third-order valence-electron chi connectivity index (χ3n) is 1.47. The summed E-state index contributed by atoms with van der Waals surface area (Å²) in [6.45, 7) is 0.653. The lowest BCUT2D eigenvalue weighted by atomic mass is 10.1. The highest BCUT2D eigenvalue weighted by Gasteiger charge is 2.03. The van der Waals surface area contributed by atoms with Crippen LogP contribution in [0.1, 0.15) is 5.56 Å². The van der Waals surface area contributed by atoms with Crippen LogP contribution in [0.4, 0.5) is 0 Å². The molecule has 0 spiro atoms. The van der Waals surface area contributed by atoms with Crippen LogP contribution in [-0.4, -0.2) is 31.5 Å². The van der Waals surface area contributed by atoms with Crippen molar-refractivity contribution in [3.8, 4) is 0 Å². The van der Waals surface area contributed by atoms with Crippen LogP contribution in [-0.2, 0) is 4.79 Å². The fraction of sp³-hybridized carbons (Fsp3) is 0.333. The van der Waals surface area contributed by atoms with Gasteiger partial charge in [0.25, 0.3) is 0 Å². The number of rotatable bonds is 3. The predicted molar refractivity (Wildman–Crippen MR) is 52.0 cm³/mol. The molecular formula is C9H11NOS. The van der Waals surface area contributed by atoms with Gasteiger partial charge in [-0.2, -0.15) is 11.3 Å². The van der Waals surface area contributed by atoms with Crippen molar-refractivity contribution in [3.63, 3.8) is 0 Å². The van der Waals surface area contributed by atoms with E-state index in [1.807, 2.05) is 41.8 Å². The highest BCUT2D eigenvalue weighted by atomic mass is 32.1. The first-order valence-corrected chi connectivity index (χ1v) is 4.59. The van der Waals surface area contributed by atoms with Crippen molar-refractivity contribution in [1.29, 1.82) is 0 Å². The van der Waals surface area contributed by atoms with E-state index in [9.17, 15) is 4.79 Å². The Hall–Kier alpha value is -0.890. The summed E-state index contributed by atoms with van der Waals surface area (Å²) in [6, 6.07) is 1.94. The predicted octanol–water partition coefficient (Wildman–Crippen LogP) is 1.52. The summed E-state index contributed by atoms with van der Waals surface area (Å²) in [6.07, 6.45) is 0. The molecule has 1 heterocycles. The third-order valence-corrected chi connectivity index (χ3v) is 2.15. The number of hydrogen-bond acceptors (Lipinski definition) is 3. The van der Waals surface area contributed by atoms with Gasteiger partial charge in [0.05, 0.1) is 5.57 Å². The zero-order valence-electron chi connectivity index (χ0n) is 7.20. The molecule has 0 bridgehead atoms. The van der Waals surface area contributed by atoms with Gasteiger partial charge in [0.2, 0.25) is 0 Å². The molecule has 0 saturated carbocycles. The summed E-state index contributed by atoms with van der Waals surface area (Å²) in [7, 11) is 3.87. The second-order valence-electron chi connectivity index (χ2n) is 2.83. The van der Waals surface area contributed by atoms with Gasteiger partial charge in [-0.05, 0) is 30.9 Å². The van der Waals surface area contributed by atoms with Crippen molar-refractivity contribution in [2.75, 3.05) is 20.6 Å². The summed E-state index contributed by atoms with van der Waals surface area (Å²) >= 11 is 1.59. The fourth-order valence-electron chi connectivity index (χ4n) is 0.935. The van der Waals surface area contributed by atoms with E-state index in [0.29, 0.717) is 6.54 Å². The minimum Gasteiger partial charge on any atom is -0.304 e. The monoisotopic (exact) mass is 181 g/mol. The normalized spacial score (nSPS) is 9.92. The topological polar surface area (TPSA) is 20.3 Å². The van der Waals surface area contributed by atoms with E-state index in [1.54, 1.807) is 11.3 Å². The first-order chi connectivity index (χ1) is 5.74. The maximum atomic E-state index is 10.6. The highest BCUT2D eigenvalue weighted by Crippen LogP contribution is 2.15. The average Bonchev–Trinajstić information content (AvgIpc) is 2.51. The molecule has 12 heavy (non-hydrogen) atoms. The van der Waals surface area contributed by atoms with Gasteiger partial charge in [0, 0.05) is 12.1 Å². The Balaban J connectivity index is 2.79. The molecule has 64 valence electrons. The van der Waals surface area contributed by atoms with E-state index in [0.717, 1.165) is 11.1 Å². The SMILES string of the molecule is CN(C)CC(=C=O)c1ccsc1. The lowest BCUT2D eigenvalue weighted by molar-refractivity contribution is 0.462. The van der Waals surface area contributed by atoms with Gasteiger partial charge >= 0.3 is 0 Å². The zero-order valence-corrected chi connectivity index (χ0v) is 8.02. The smallest absolute Gasteiger partial charge is 0.129 e. The van der Waals surface area contributed by atoms with Crippen molar-refractivity contribution in [2.45, 2.75) is 0 Å². The van der Waals surface area contributed by atoms with Crippen molar-refractivity contribution in [2.24, 2.45) is 0 Å². The van der Waals surface area contributed by atoms with Gasteiger partial charge in [-0.1, -0.05) is 0 Å². The molecular weight excluding hydrogens is 170 g/mol. The minimum atomic E-state index is 0.653. The quantitative estimate of drug-likeness (QED) is 0.659. The number of hydrogen-bond donors (Lipinski definition) is 0. The lowest BCUT2D eigenvalue weighted by Gasteiger charge is -2.08. The number of thiophene rings is 1. The summed E-state index contributed by atoms with van der Waals surface area (Å²) < 4.78 is 0.